The van der Waals surface area contributed by atoms with Gasteiger partial charge in [0.1, 0.15) is 16.1 Å². The topological polar surface area (TPSA) is 66.7 Å². The van der Waals surface area contributed by atoms with Crippen molar-refractivity contribution in [3.63, 3.8) is 0 Å². The first kappa shape index (κ1) is 19.8. The van der Waals surface area contributed by atoms with E-state index in [1.54, 1.807) is 37.6 Å². The van der Waals surface area contributed by atoms with Gasteiger partial charge in [-0.1, -0.05) is 30.0 Å². The summed E-state index contributed by atoms with van der Waals surface area (Å²) in [4.78, 5) is 34.3. The average molecular weight is 428 g/mol. The Bertz CT molecular complexity index is 943. The van der Waals surface area contributed by atoms with Crippen LogP contribution in [0.1, 0.15) is 43.6 Å². The zero-order chi connectivity index (χ0) is 20.4. The molecule has 2 amide bonds. The van der Waals surface area contributed by atoms with Crippen molar-refractivity contribution in [1.82, 2.24) is 14.8 Å². The van der Waals surface area contributed by atoms with E-state index in [1.165, 1.54) is 16.7 Å². The molecule has 4 heterocycles. The molecule has 0 N–H and O–H groups in total. The fourth-order valence-corrected chi connectivity index (χ4v) is 5.18. The molecule has 0 saturated carbocycles. The van der Waals surface area contributed by atoms with Crippen molar-refractivity contribution in [1.29, 1.82) is 0 Å². The molecule has 0 unspecified atom stereocenters. The molecular weight excluding hydrogens is 406 g/mol. The van der Waals surface area contributed by atoms with Crippen molar-refractivity contribution >= 4 is 46.2 Å². The fraction of sp³-hybridized carbons (Fsp3) is 0.333. The van der Waals surface area contributed by atoms with Gasteiger partial charge >= 0.3 is 0 Å². The van der Waals surface area contributed by atoms with Crippen molar-refractivity contribution < 1.29 is 14.0 Å². The molecule has 2 fully saturated rings. The summed E-state index contributed by atoms with van der Waals surface area (Å²) in [7, 11) is 0. The van der Waals surface area contributed by atoms with E-state index in [4.69, 9.17) is 16.6 Å². The first-order chi connectivity index (χ1) is 14.1. The zero-order valence-corrected chi connectivity index (χ0v) is 17.6. The number of carbonyl (C=O) groups is 2. The van der Waals surface area contributed by atoms with E-state index >= 15 is 0 Å². The van der Waals surface area contributed by atoms with Gasteiger partial charge in [-0.05, 0) is 49.9 Å². The van der Waals surface area contributed by atoms with Crippen molar-refractivity contribution in [3.05, 3.63) is 59.2 Å². The normalized spacial score (nSPS) is 22.4. The summed E-state index contributed by atoms with van der Waals surface area (Å²) >= 11 is 6.62. The van der Waals surface area contributed by atoms with Gasteiger partial charge in [0.2, 0.25) is 5.91 Å². The third-order valence-electron chi connectivity index (χ3n) is 5.24. The lowest BCUT2D eigenvalue weighted by molar-refractivity contribution is -0.142. The molecule has 8 heteroatoms. The Morgan fingerprint density at radius 3 is 2.97 bits per heavy atom. The summed E-state index contributed by atoms with van der Waals surface area (Å²) in [6, 6.07) is 6.73. The standard InChI is InChI=1S/C21H21N3O3S2/c1-14(24-20(26)18(29-21(24)28)12-16-7-5-11-27-16)19(25)23-10-3-2-8-17(23)15-6-4-9-22-13-15/h4-7,9,11-14,17H,2-3,8,10H2,1H3/b18-12-/t14-,17+/m0/s1. The van der Waals surface area contributed by atoms with E-state index in [0.717, 1.165) is 24.8 Å². The van der Waals surface area contributed by atoms with Crippen LogP contribution in [0.3, 0.4) is 0 Å². The number of aromatic nitrogens is 1. The minimum atomic E-state index is -0.665. The average Bonchev–Trinajstić information content (AvgIpc) is 3.35. The van der Waals surface area contributed by atoms with Crippen LogP contribution in [0.15, 0.2) is 52.2 Å². The predicted molar refractivity (Wildman–Crippen MR) is 116 cm³/mol. The Hall–Kier alpha value is -2.45. The van der Waals surface area contributed by atoms with Crippen LogP contribution in [0, 0.1) is 0 Å². The molecule has 6 nitrogen and oxygen atoms in total. The molecule has 2 aromatic rings. The first-order valence-electron chi connectivity index (χ1n) is 9.57. The van der Waals surface area contributed by atoms with E-state index in [1.807, 2.05) is 23.2 Å². The van der Waals surface area contributed by atoms with Crippen LogP contribution in [0.2, 0.25) is 0 Å². The van der Waals surface area contributed by atoms with Gasteiger partial charge in [-0.3, -0.25) is 19.5 Å². The smallest absolute Gasteiger partial charge is 0.267 e. The monoisotopic (exact) mass is 427 g/mol. The summed E-state index contributed by atoms with van der Waals surface area (Å²) < 4.78 is 5.69. The highest BCUT2D eigenvalue weighted by Gasteiger charge is 2.41. The number of pyridine rings is 1. The number of likely N-dealkylation sites (tertiary alicyclic amines) is 1. The first-order valence-corrected chi connectivity index (χ1v) is 10.8. The van der Waals surface area contributed by atoms with E-state index < -0.39 is 6.04 Å². The van der Waals surface area contributed by atoms with Gasteiger partial charge in [0, 0.05) is 25.0 Å². The van der Waals surface area contributed by atoms with Gasteiger partial charge in [-0.2, -0.15) is 0 Å². The molecule has 0 spiro atoms. The minimum absolute atomic E-state index is 0.0236. The number of thioether (sulfide) groups is 1. The fourth-order valence-electron chi connectivity index (χ4n) is 3.78. The van der Waals surface area contributed by atoms with Gasteiger partial charge in [-0.15, -0.1) is 0 Å². The molecule has 0 radical (unpaired) electrons. The number of piperidine rings is 1. The summed E-state index contributed by atoms with van der Waals surface area (Å²) in [5.41, 5.74) is 1.02. The molecule has 29 heavy (non-hydrogen) atoms. The highest BCUT2D eigenvalue weighted by atomic mass is 32.2. The van der Waals surface area contributed by atoms with Crippen LogP contribution < -0.4 is 0 Å². The lowest BCUT2D eigenvalue weighted by Gasteiger charge is -2.38. The highest BCUT2D eigenvalue weighted by molar-refractivity contribution is 8.26. The van der Waals surface area contributed by atoms with Crippen molar-refractivity contribution in [2.45, 2.75) is 38.3 Å². The van der Waals surface area contributed by atoms with Crippen LogP contribution >= 0.6 is 24.0 Å². The summed E-state index contributed by atoms with van der Waals surface area (Å²) in [5, 5.41) is 0. The van der Waals surface area contributed by atoms with Crippen LogP contribution in [-0.2, 0) is 9.59 Å². The van der Waals surface area contributed by atoms with Crippen LogP contribution in [-0.4, -0.2) is 43.5 Å². The number of amides is 2. The Morgan fingerprint density at radius 2 is 2.24 bits per heavy atom. The molecule has 2 atom stereocenters. The van der Waals surface area contributed by atoms with Gasteiger partial charge < -0.3 is 9.32 Å². The molecule has 0 bridgehead atoms. The molecule has 4 rings (SSSR count). The van der Waals surface area contributed by atoms with E-state index in [0.29, 0.717) is 21.5 Å². The van der Waals surface area contributed by atoms with E-state index in [9.17, 15) is 9.59 Å². The Kier molecular flexibility index (Phi) is 5.82. The molecular formula is C21H21N3O3S2. The van der Waals surface area contributed by atoms with E-state index in [2.05, 4.69) is 4.98 Å². The molecule has 2 saturated heterocycles. The van der Waals surface area contributed by atoms with Crippen molar-refractivity contribution in [2.24, 2.45) is 0 Å². The number of hydrogen-bond acceptors (Lipinski definition) is 6. The molecule has 0 aromatic carbocycles. The van der Waals surface area contributed by atoms with Crippen LogP contribution in [0.5, 0.6) is 0 Å². The zero-order valence-electron chi connectivity index (χ0n) is 16.0. The van der Waals surface area contributed by atoms with Crippen LogP contribution in [0.4, 0.5) is 0 Å². The number of thiocarbonyl (C=S) groups is 1. The largest absolute Gasteiger partial charge is 0.465 e. The van der Waals surface area contributed by atoms with Gasteiger partial charge in [0.15, 0.2) is 0 Å². The number of nitrogens with zero attached hydrogens (tertiary/aromatic N) is 3. The minimum Gasteiger partial charge on any atom is -0.465 e. The molecule has 150 valence electrons. The summed E-state index contributed by atoms with van der Waals surface area (Å²) in [6.07, 6.45) is 9.65. The molecule has 2 aliphatic rings. The lowest BCUT2D eigenvalue weighted by atomic mass is 9.95. The quantitative estimate of drug-likeness (QED) is 0.542. The second-order valence-electron chi connectivity index (χ2n) is 7.07. The highest BCUT2D eigenvalue weighted by Crippen LogP contribution is 2.36. The Labute approximate surface area is 179 Å². The van der Waals surface area contributed by atoms with Crippen molar-refractivity contribution in [2.75, 3.05) is 6.54 Å². The summed E-state index contributed by atoms with van der Waals surface area (Å²) in [6.45, 7) is 2.41. The van der Waals surface area contributed by atoms with Gasteiger partial charge in [0.05, 0.1) is 17.2 Å². The number of hydrogen-bond donors (Lipinski definition) is 0. The van der Waals surface area contributed by atoms with E-state index in [-0.39, 0.29) is 17.9 Å². The second-order valence-corrected chi connectivity index (χ2v) is 8.75. The number of rotatable bonds is 4. The SMILES string of the molecule is C[C@@H](C(=O)N1CCCC[C@@H]1c1cccnc1)N1C(=O)/C(=C/c2ccco2)SC1=S. The molecule has 2 aromatic heterocycles. The maximum Gasteiger partial charge on any atom is 0.267 e. The van der Waals surface area contributed by atoms with Gasteiger partial charge in [-0.25, -0.2) is 0 Å². The molecule has 2 aliphatic heterocycles. The summed E-state index contributed by atoms with van der Waals surface area (Å²) in [5.74, 6) is 0.235. The van der Waals surface area contributed by atoms with Crippen LogP contribution in [0.25, 0.3) is 6.08 Å². The van der Waals surface area contributed by atoms with Crippen molar-refractivity contribution in [3.8, 4) is 0 Å². The third kappa shape index (κ3) is 4.00. The third-order valence-corrected chi connectivity index (χ3v) is 6.57. The predicted octanol–water partition coefficient (Wildman–Crippen LogP) is 4.02. The second kappa shape index (κ2) is 8.51. The maximum atomic E-state index is 13.4. The molecule has 0 aliphatic carbocycles. The maximum absolute atomic E-state index is 13.4. The number of carbonyl (C=O) groups excluding carboxylic acids is 2. The van der Waals surface area contributed by atoms with Gasteiger partial charge in [0.25, 0.3) is 5.91 Å². The Morgan fingerprint density at radius 1 is 1.38 bits per heavy atom. The number of furan rings is 1. The lowest BCUT2D eigenvalue weighted by Crippen LogP contribution is -2.51. The Balaban J connectivity index is 1.55.